The summed E-state index contributed by atoms with van der Waals surface area (Å²) in [6.45, 7) is 10.6. The SMILES string of the molecule is Cc1c(-c2[nH]c3ccc(N4CC(CCC(=O)N(C)C)C4)nc3c2C(C)C)cn2ncnc2c1C. The maximum absolute atomic E-state index is 11.9. The van der Waals surface area contributed by atoms with Gasteiger partial charge in [0.15, 0.2) is 5.65 Å². The minimum Gasteiger partial charge on any atom is -0.356 e. The number of carbonyl (C=O) groups is 1. The van der Waals surface area contributed by atoms with Crippen LogP contribution in [-0.4, -0.2) is 62.6 Å². The number of aromatic nitrogens is 5. The van der Waals surface area contributed by atoms with E-state index >= 15 is 0 Å². The van der Waals surface area contributed by atoms with Crippen LogP contribution >= 0.6 is 0 Å². The highest BCUT2D eigenvalue weighted by atomic mass is 16.2. The molecule has 178 valence electrons. The van der Waals surface area contributed by atoms with Crippen LogP contribution in [0, 0.1) is 19.8 Å². The quantitative estimate of drug-likeness (QED) is 0.464. The van der Waals surface area contributed by atoms with Crippen molar-refractivity contribution in [3.05, 3.63) is 41.3 Å². The van der Waals surface area contributed by atoms with Gasteiger partial charge in [0.1, 0.15) is 12.1 Å². The van der Waals surface area contributed by atoms with Crippen molar-refractivity contribution >= 4 is 28.4 Å². The highest BCUT2D eigenvalue weighted by Crippen LogP contribution is 2.38. The van der Waals surface area contributed by atoms with Gasteiger partial charge < -0.3 is 14.8 Å². The maximum Gasteiger partial charge on any atom is 0.222 e. The van der Waals surface area contributed by atoms with Crippen molar-refractivity contribution in [1.29, 1.82) is 0 Å². The van der Waals surface area contributed by atoms with Crippen molar-refractivity contribution in [1.82, 2.24) is 29.5 Å². The van der Waals surface area contributed by atoms with Gasteiger partial charge in [-0.15, -0.1) is 0 Å². The number of nitrogens with one attached hydrogen (secondary N) is 1. The van der Waals surface area contributed by atoms with Crippen molar-refractivity contribution in [2.45, 2.75) is 46.5 Å². The predicted octanol–water partition coefficient (Wildman–Crippen LogP) is 4.32. The molecule has 4 aromatic rings. The van der Waals surface area contributed by atoms with Crippen LogP contribution in [0.5, 0.6) is 0 Å². The number of carbonyl (C=O) groups excluding carboxylic acids is 1. The first-order valence-electron chi connectivity index (χ1n) is 12.0. The lowest BCUT2D eigenvalue weighted by atomic mass is 9.94. The molecule has 5 rings (SSSR count). The molecule has 1 aliphatic rings. The third kappa shape index (κ3) is 3.71. The van der Waals surface area contributed by atoms with E-state index in [0.29, 0.717) is 18.3 Å². The third-order valence-corrected chi connectivity index (χ3v) is 7.18. The van der Waals surface area contributed by atoms with Crippen LogP contribution in [0.1, 0.15) is 49.3 Å². The molecule has 0 spiro atoms. The molecule has 0 saturated carbocycles. The largest absolute Gasteiger partial charge is 0.356 e. The molecule has 1 fully saturated rings. The molecule has 0 aliphatic carbocycles. The summed E-state index contributed by atoms with van der Waals surface area (Å²) in [6, 6.07) is 4.25. The number of fused-ring (bicyclic) bond motifs is 2. The molecule has 4 aromatic heterocycles. The highest BCUT2D eigenvalue weighted by Gasteiger charge is 2.29. The third-order valence-electron chi connectivity index (χ3n) is 7.18. The number of hydrogen-bond donors (Lipinski definition) is 1. The Kier molecular flexibility index (Phi) is 5.54. The number of anilines is 1. The van der Waals surface area contributed by atoms with Crippen LogP contribution in [0.15, 0.2) is 24.7 Å². The van der Waals surface area contributed by atoms with Gasteiger partial charge in [-0.25, -0.2) is 14.5 Å². The van der Waals surface area contributed by atoms with Gasteiger partial charge >= 0.3 is 0 Å². The van der Waals surface area contributed by atoms with E-state index in [0.717, 1.165) is 58.8 Å². The molecule has 1 N–H and O–H groups in total. The molecular formula is C26H33N7O. The molecule has 0 radical (unpaired) electrons. The Balaban J connectivity index is 1.46. The Bertz CT molecular complexity index is 1380. The van der Waals surface area contributed by atoms with E-state index < -0.39 is 0 Å². The Morgan fingerprint density at radius 2 is 1.97 bits per heavy atom. The van der Waals surface area contributed by atoms with Gasteiger partial charge in [0.2, 0.25) is 5.91 Å². The van der Waals surface area contributed by atoms with Crippen molar-refractivity contribution < 1.29 is 4.79 Å². The summed E-state index contributed by atoms with van der Waals surface area (Å²) in [5, 5.41) is 4.38. The van der Waals surface area contributed by atoms with Gasteiger partial charge in [-0.05, 0) is 55.4 Å². The molecule has 0 atom stereocenters. The van der Waals surface area contributed by atoms with Crippen molar-refractivity contribution in [3.8, 4) is 11.3 Å². The second kappa shape index (κ2) is 8.42. The Morgan fingerprint density at radius 1 is 1.21 bits per heavy atom. The summed E-state index contributed by atoms with van der Waals surface area (Å²) in [7, 11) is 3.64. The average Bonchev–Trinajstić information content (AvgIpc) is 3.39. The number of aromatic amines is 1. The number of H-pyrrole nitrogens is 1. The van der Waals surface area contributed by atoms with Crippen LogP contribution in [0.25, 0.3) is 27.9 Å². The van der Waals surface area contributed by atoms with E-state index in [1.807, 2.05) is 18.6 Å². The number of pyridine rings is 2. The normalized spacial score (nSPS) is 14.4. The summed E-state index contributed by atoms with van der Waals surface area (Å²) in [5.74, 6) is 2.07. The lowest BCUT2D eigenvalue weighted by Gasteiger charge is -2.40. The summed E-state index contributed by atoms with van der Waals surface area (Å²) < 4.78 is 1.85. The van der Waals surface area contributed by atoms with Gasteiger partial charge in [-0.3, -0.25) is 4.79 Å². The zero-order valence-electron chi connectivity index (χ0n) is 20.9. The van der Waals surface area contributed by atoms with E-state index in [-0.39, 0.29) is 5.91 Å². The van der Waals surface area contributed by atoms with Crippen molar-refractivity contribution in [2.24, 2.45) is 5.92 Å². The van der Waals surface area contributed by atoms with Crippen LogP contribution in [0.4, 0.5) is 5.82 Å². The number of rotatable bonds is 6. The Hall–Kier alpha value is -3.42. The monoisotopic (exact) mass is 459 g/mol. The topological polar surface area (TPSA) is 82.4 Å². The van der Waals surface area contributed by atoms with Gasteiger partial charge in [-0.1, -0.05) is 13.8 Å². The van der Waals surface area contributed by atoms with Crippen molar-refractivity contribution in [3.63, 3.8) is 0 Å². The first kappa shape index (κ1) is 22.4. The summed E-state index contributed by atoms with van der Waals surface area (Å²) in [6.07, 6.45) is 5.22. The fourth-order valence-corrected chi connectivity index (χ4v) is 4.97. The van der Waals surface area contributed by atoms with E-state index in [1.54, 1.807) is 11.2 Å². The standard InChI is InChI=1S/C26H33N7O/c1-15(2)23-24(19-13-33-26(27-14-28-33)17(4)16(19)3)29-20-8-9-21(30-25(20)23)32-11-18(12-32)7-10-22(34)31(5)6/h8-9,13-15,18,29H,7,10-12H2,1-6H3. The molecule has 8 heteroatoms. The van der Waals surface area contributed by atoms with E-state index in [4.69, 9.17) is 4.98 Å². The molecule has 0 unspecified atom stereocenters. The first-order valence-corrected chi connectivity index (χ1v) is 12.0. The zero-order valence-corrected chi connectivity index (χ0v) is 20.9. The second-order valence-corrected chi connectivity index (χ2v) is 10.1. The van der Waals surface area contributed by atoms with Gasteiger partial charge in [0.05, 0.1) is 16.7 Å². The minimum atomic E-state index is 0.203. The Labute approximate surface area is 200 Å². The van der Waals surface area contributed by atoms with Crippen LogP contribution in [0.3, 0.4) is 0 Å². The molecule has 0 aromatic carbocycles. The molecule has 1 aliphatic heterocycles. The summed E-state index contributed by atoms with van der Waals surface area (Å²) in [5.41, 5.74) is 8.78. The minimum absolute atomic E-state index is 0.203. The van der Waals surface area contributed by atoms with Crippen LogP contribution in [-0.2, 0) is 4.79 Å². The summed E-state index contributed by atoms with van der Waals surface area (Å²) >= 11 is 0. The zero-order chi connectivity index (χ0) is 24.1. The molecule has 5 heterocycles. The van der Waals surface area contributed by atoms with E-state index in [9.17, 15) is 4.79 Å². The van der Waals surface area contributed by atoms with Crippen molar-refractivity contribution in [2.75, 3.05) is 32.1 Å². The molecule has 0 bridgehead atoms. The van der Waals surface area contributed by atoms with Gasteiger partial charge in [0, 0.05) is 50.9 Å². The number of aryl methyl sites for hydroxylation is 1. The van der Waals surface area contributed by atoms with E-state index in [1.165, 1.54) is 11.1 Å². The smallest absolute Gasteiger partial charge is 0.222 e. The van der Waals surface area contributed by atoms with Crippen LogP contribution in [0.2, 0.25) is 0 Å². The molecule has 1 amide bonds. The Morgan fingerprint density at radius 3 is 2.68 bits per heavy atom. The highest BCUT2D eigenvalue weighted by molar-refractivity contribution is 5.90. The van der Waals surface area contributed by atoms with Gasteiger partial charge in [-0.2, -0.15) is 5.10 Å². The van der Waals surface area contributed by atoms with Gasteiger partial charge in [0.25, 0.3) is 0 Å². The average molecular weight is 460 g/mol. The molecule has 8 nitrogen and oxygen atoms in total. The summed E-state index contributed by atoms with van der Waals surface area (Å²) in [4.78, 5) is 29.1. The number of nitrogens with zero attached hydrogens (tertiary/aromatic N) is 6. The molecule has 1 saturated heterocycles. The lowest BCUT2D eigenvalue weighted by Crippen LogP contribution is -2.47. The number of hydrogen-bond acceptors (Lipinski definition) is 5. The number of amides is 1. The molecular weight excluding hydrogens is 426 g/mol. The fourth-order valence-electron chi connectivity index (χ4n) is 4.97. The predicted molar refractivity (Wildman–Crippen MR) is 135 cm³/mol. The van der Waals surface area contributed by atoms with E-state index in [2.05, 4.69) is 66.0 Å². The first-order chi connectivity index (χ1) is 16.2. The lowest BCUT2D eigenvalue weighted by molar-refractivity contribution is -0.129. The maximum atomic E-state index is 11.9. The fraction of sp³-hybridized carbons (Fsp3) is 0.462. The molecule has 34 heavy (non-hydrogen) atoms. The second-order valence-electron chi connectivity index (χ2n) is 10.1. The van der Waals surface area contributed by atoms with Crippen LogP contribution < -0.4 is 4.90 Å².